The van der Waals surface area contributed by atoms with Crippen molar-refractivity contribution >= 4 is 34.9 Å². The van der Waals surface area contributed by atoms with Crippen molar-refractivity contribution in [3.8, 4) is 17.6 Å². The Morgan fingerprint density at radius 3 is 2.66 bits per heavy atom. The number of fused-ring (bicyclic) bond motifs is 2. The lowest BCUT2D eigenvalue weighted by Crippen LogP contribution is -2.51. The van der Waals surface area contributed by atoms with Crippen LogP contribution in [0.4, 0.5) is 18.0 Å². The summed E-state index contributed by atoms with van der Waals surface area (Å²) in [7, 11) is 0. The predicted molar refractivity (Wildman–Crippen MR) is 134 cm³/mol. The van der Waals surface area contributed by atoms with Crippen LogP contribution in [0.3, 0.4) is 0 Å². The fraction of sp³-hybridized carbons (Fsp3) is 0.417. The summed E-state index contributed by atoms with van der Waals surface area (Å²) in [5.41, 5.74) is 5.97. The van der Waals surface area contributed by atoms with Crippen LogP contribution in [0, 0.1) is 22.7 Å². The molecule has 5 rings (SSSR count). The fourth-order valence-corrected chi connectivity index (χ4v) is 5.55. The van der Waals surface area contributed by atoms with Gasteiger partial charge in [-0.15, -0.1) is 0 Å². The Morgan fingerprint density at radius 2 is 2.00 bits per heavy atom. The Kier molecular flexibility index (Phi) is 7.67. The van der Waals surface area contributed by atoms with Gasteiger partial charge in [-0.3, -0.25) is 10.2 Å². The number of hydrogen-bond donors (Lipinski definition) is 3. The Morgan fingerprint density at radius 1 is 1.29 bits per heavy atom. The van der Waals surface area contributed by atoms with Gasteiger partial charge in [0, 0.05) is 30.6 Å². The summed E-state index contributed by atoms with van der Waals surface area (Å²) in [5, 5.41) is 18.2. The second kappa shape index (κ2) is 11.2. The topological polar surface area (TPSA) is 185 Å². The Balaban J connectivity index is 1.25. The number of alkyl halides is 3. The number of imidazole rings is 1. The second-order valence-corrected chi connectivity index (χ2v) is 10.4. The average molecular weight is 593 g/mol. The maximum atomic E-state index is 13.2. The number of halogens is 3. The number of carbonyl (C=O) groups excluding carboxylic acids is 2. The molecule has 0 saturated carbocycles. The molecule has 4 N–H and O–H groups in total. The Labute approximate surface area is 233 Å². The number of H-pyrrole nitrogens is 1. The van der Waals surface area contributed by atoms with Gasteiger partial charge in [0.2, 0.25) is 6.79 Å². The van der Waals surface area contributed by atoms with Crippen LogP contribution in [0.2, 0.25) is 0 Å². The SMILES string of the molecule is N#Cc1cc2c(cc1Sc1nc3c([nH]1)c(=N)ncn3CCC1CCN(C(=O)C(OC(N)=O)C(F)(F)F)CC1)OCO2. The molecule has 3 aromatic rings. The molecule has 2 aromatic heterocycles. The molecule has 1 fully saturated rings. The Hall–Kier alpha value is -4.46. The van der Waals surface area contributed by atoms with Gasteiger partial charge in [0.25, 0.3) is 12.0 Å². The lowest BCUT2D eigenvalue weighted by molar-refractivity contribution is -0.210. The van der Waals surface area contributed by atoms with Crippen LogP contribution < -0.4 is 20.7 Å². The summed E-state index contributed by atoms with van der Waals surface area (Å²) in [4.78, 5) is 36.7. The molecule has 0 spiro atoms. The molecule has 0 bridgehead atoms. The van der Waals surface area contributed by atoms with Crippen LogP contribution in [0.15, 0.2) is 28.5 Å². The highest BCUT2D eigenvalue weighted by Crippen LogP contribution is 2.40. The summed E-state index contributed by atoms with van der Waals surface area (Å²) in [5.74, 6) is -0.245. The molecule has 1 saturated heterocycles. The van der Waals surface area contributed by atoms with Crippen molar-refractivity contribution in [1.82, 2.24) is 24.4 Å². The van der Waals surface area contributed by atoms with Crippen LogP contribution in [0.1, 0.15) is 24.8 Å². The lowest BCUT2D eigenvalue weighted by Gasteiger charge is -2.34. The number of carbonyl (C=O) groups is 2. The summed E-state index contributed by atoms with van der Waals surface area (Å²) in [6.07, 6.45) is -6.66. The first-order valence-corrected chi connectivity index (χ1v) is 13.2. The number of aromatic amines is 1. The third-order valence-corrected chi connectivity index (χ3v) is 7.70. The number of nitrogens with zero attached hydrogens (tertiary/aromatic N) is 5. The smallest absolute Gasteiger partial charge is 0.434 e. The van der Waals surface area contributed by atoms with E-state index in [-0.39, 0.29) is 31.3 Å². The van der Waals surface area contributed by atoms with E-state index in [1.807, 2.05) is 0 Å². The molecular weight excluding hydrogens is 569 g/mol. The second-order valence-electron chi connectivity index (χ2n) is 9.36. The number of ether oxygens (including phenoxy) is 3. The minimum atomic E-state index is -5.07. The minimum absolute atomic E-state index is 0.00832. The highest BCUT2D eigenvalue weighted by atomic mass is 32.2. The van der Waals surface area contributed by atoms with Crippen molar-refractivity contribution in [2.45, 2.75) is 48.1 Å². The number of amides is 2. The number of piperidine rings is 1. The summed E-state index contributed by atoms with van der Waals surface area (Å²) < 4.78 is 56.2. The zero-order valence-corrected chi connectivity index (χ0v) is 22.0. The van der Waals surface area contributed by atoms with E-state index in [1.54, 1.807) is 16.7 Å². The monoisotopic (exact) mass is 592 g/mol. The van der Waals surface area contributed by atoms with Crippen molar-refractivity contribution in [2.75, 3.05) is 19.9 Å². The first-order chi connectivity index (χ1) is 19.5. The maximum absolute atomic E-state index is 13.2. The van der Waals surface area contributed by atoms with Crippen LogP contribution in [0.5, 0.6) is 11.5 Å². The van der Waals surface area contributed by atoms with Crippen molar-refractivity contribution < 1.29 is 37.0 Å². The highest BCUT2D eigenvalue weighted by Gasteiger charge is 2.50. The number of likely N-dealkylation sites (tertiary alicyclic amines) is 1. The quantitative estimate of drug-likeness (QED) is 0.371. The molecule has 2 aliphatic rings. The molecule has 1 aromatic carbocycles. The summed E-state index contributed by atoms with van der Waals surface area (Å²) in [6, 6.07) is 5.42. The van der Waals surface area contributed by atoms with Gasteiger partial charge in [-0.25, -0.2) is 14.8 Å². The van der Waals surface area contributed by atoms with E-state index < -0.39 is 24.3 Å². The molecule has 41 heavy (non-hydrogen) atoms. The lowest BCUT2D eigenvalue weighted by atomic mass is 9.93. The van der Waals surface area contributed by atoms with Crippen molar-refractivity contribution in [1.29, 1.82) is 10.7 Å². The van der Waals surface area contributed by atoms with E-state index >= 15 is 0 Å². The number of rotatable bonds is 7. The van der Waals surface area contributed by atoms with Gasteiger partial charge in [0.1, 0.15) is 11.6 Å². The largest absolute Gasteiger partial charge is 0.454 e. The average Bonchev–Trinajstić information content (AvgIpc) is 3.57. The summed E-state index contributed by atoms with van der Waals surface area (Å²) >= 11 is 1.20. The number of nitriles is 1. The minimum Gasteiger partial charge on any atom is -0.454 e. The van der Waals surface area contributed by atoms with Gasteiger partial charge in [-0.05, 0) is 31.2 Å². The van der Waals surface area contributed by atoms with E-state index in [4.69, 9.17) is 20.6 Å². The normalized spacial score (nSPS) is 16.0. The van der Waals surface area contributed by atoms with Gasteiger partial charge in [-0.2, -0.15) is 18.4 Å². The number of benzene rings is 1. The van der Waals surface area contributed by atoms with E-state index in [1.165, 1.54) is 18.1 Å². The van der Waals surface area contributed by atoms with Gasteiger partial charge in [-0.1, -0.05) is 11.8 Å². The number of nitrogens with two attached hydrogens (primary N) is 1. The number of hydrogen-bond acceptors (Lipinski definition) is 10. The molecule has 4 heterocycles. The van der Waals surface area contributed by atoms with Gasteiger partial charge >= 0.3 is 12.3 Å². The third kappa shape index (κ3) is 6.01. The molecule has 17 heteroatoms. The van der Waals surface area contributed by atoms with Gasteiger partial charge < -0.3 is 34.4 Å². The van der Waals surface area contributed by atoms with E-state index in [0.29, 0.717) is 64.1 Å². The number of aromatic nitrogens is 4. The van der Waals surface area contributed by atoms with Crippen molar-refractivity contribution in [3.05, 3.63) is 29.5 Å². The van der Waals surface area contributed by atoms with E-state index in [2.05, 4.69) is 25.8 Å². The van der Waals surface area contributed by atoms with E-state index in [9.17, 15) is 28.0 Å². The Bertz CT molecular complexity index is 1590. The van der Waals surface area contributed by atoms with Gasteiger partial charge in [0.15, 0.2) is 27.8 Å². The first-order valence-electron chi connectivity index (χ1n) is 12.4. The molecule has 13 nitrogen and oxygen atoms in total. The molecule has 216 valence electrons. The van der Waals surface area contributed by atoms with Crippen LogP contribution in [0.25, 0.3) is 11.2 Å². The maximum Gasteiger partial charge on any atom is 0.434 e. The summed E-state index contributed by atoms with van der Waals surface area (Å²) in [6.45, 7) is 0.672. The molecule has 2 aliphatic heterocycles. The van der Waals surface area contributed by atoms with Gasteiger partial charge in [0.05, 0.1) is 11.9 Å². The number of primary amides is 1. The highest BCUT2D eigenvalue weighted by molar-refractivity contribution is 7.99. The van der Waals surface area contributed by atoms with Crippen LogP contribution in [-0.4, -0.2) is 68.6 Å². The molecule has 2 amide bonds. The predicted octanol–water partition coefficient (Wildman–Crippen LogP) is 2.65. The van der Waals surface area contributed by atoms with Crippen molar-refractivity contribution in [2.24, 2.45) is 11.7 Å². The van der Waals surface area contributed by atoms with E-state index in [0.717, 1.165) is 4.90 Å². The molecule has 1 unspecified atom stereocenters. The molecule has 0 aliphatic carbocycles. The zero-order valence-electron chi connectivity index (χ0n) is 21.2. The molecular formula is C24H23F3N8O5S. The number of aryl methyl sites for hydroxylation is 1. The van der Waals surface area contributed by atoms with Crippen molar-refractivity contribution in [3.63, 3.8) is 0 Å². The number of nitrogens with one attached hydrogen (secondary N) is 2. The molecule has 1 atom stereocenters. The van der Waals surface area contributed by atoms with Crippen LogP contribution >= 0.6 is 11.8 Å². The standard InChI is InChI=1S/C24H23F3N8O5S/c25-24(26,27)18(40-22(30)37)21(36)34-4-1-12(2-5-34)3-6-35-10-31-19(29)17-20(35)33-23(32-17)41-16-8-15-14(38-11-39-15)7-13(16)9-28/h7-8,10,12,18,29H,1-6,11H2,(H2,30,37)(H,32,33). The molecule has 0 radical (unpaired) electrons. The fourth-order valence-electron chi connectivity index (χ4n) is 4.68. The third-order valence-electron chi connectivity index (χ3n) is 6.76. The van der Waals surface area contributed by atoms with Crippen LogP contribution in [-0.2, 0) is 16.1 Å². The first kappa shape index (κ1) is 28.1. The zero-order chi connectivity index (χ0) is 29.3.